The van der Waals surface area contributed by atoms with Crippen LogP contribution in [0.3, 0.4) is 0 Å². The number of hydrogen-bond donors (Lipinski definition) is 0. The van der Waals surface area contributed by atoms with Crippen molar-refractivity contribution in [2.24, 2.45) is 11.8 Å². The lowest BCUT2D eigenvalue weighted by atomic mass is 9.91. The lowest BCUT2D eigenvalue weighted by molar-refractivity contribution is 0.0623. The summed E-state index contributed by atoms with van der Waals surface area (Å²) in [6.45, 7) is 6.21. The van der Waals surface area contributed by atoms with Gasteiger partial charge in [0.25, 0.3) is 5.91 Å². The highest BCUT2D eigenvalue weighted by molar-refractivity contribution is 5.94. The molecule has 1 fully saturated rings. The van der Waals surface area contributed by atoms with Gasteiger partial charge in [0.05, 0.1) is 0 Å². The number of piperidine rings is 1. The molecule has 2 atom stereocenters. The molecule has 2 unspecified atom stereocenters. The molecular formula is C18H22N2O. The van der Waals surface area contributed by atoms with Crippen molar-refractivity contribution in [3.05, 3.63) is 54.4 Å². The van der Waals surface area contributed by atoms with E-state index < -0.39 is 0 Å². The van der Waals surface area contributed by atoms with E-state index in [9.17, 15) is 4.79 Å². The van der Waals surface area contributed by atoms with Crippen LogP contribution >= 0.6 is 0 Å². The van der Waals surface area contributed by atoms with Crippen molar-refractivity contribution in [3.8, 4) is 5.69 Å². The third kappa shape index (κ3) is 3.02. The summed E-state index contributed by atoms with van der Waals surface area (Å²) < 4.78 is 2.04. The zero-order valence-corrected chi connectivity index (χ0v) is 12.7. The molecule has 110 valence electrons. The quantitative estimate of drug-likeness (QED) is 0.826. The van der Waals surface area contributed by atoms with Gasteiger partial charge < -0.3 is 9.47 Å². The van der Waals surface area contributed by atoms with Gasteiger partial charge in [-0.1, -0.05) is 13.8 Å². The number of aromatic nitrogens is 1. The molecule has 0 aliphatic carbocycles. The first-order valence-electron chi connectivity index (χ1n) is 7.66. The second-order valence-electron chi connectivity index (χ2n) is 6.29. The van der Waals surface area contributed by atoms with Gasteiger partial charge in [0, 0.05) is 36.7 Å². The Balaban J connectivity index is 1.76. The van der Waals surface area contributed by atoms with Gasteiger partial charge in [0.2, 0.25) is 0 Å². The fraction of sp³-hybridized carbons (Fsp3) is 0.389. The Kier molecular flexibility index (Phi) is 3.82. The number of nitrogens with zero attached hydrogens (tertiary/aromatic N) is 2. The second-order valence-corrected chi connectivity index (χ2v) is 6.29. The first kappa shape index (κ1) is 13.9. The summed E-state index contributed by atoms with van der Waals surface area (Å²) >= 11 is 0. The van der Waals surface area contributed by atoms with Crippen LogP contribution in [0.15, 0.2) is 48.8 Å². The summed E-state index contributed by atoms with van der Waals surface area (Å²) in [5, 5.41) is 0. The van der Waals surface area contributed by atoms with Crippen molar-refractivity contribution < 1.29 is 4.79 Å². The van der Waals surface area contributed by atoms with Crippen LogP contribution in [0.5, 0.6) is 0 Å². The van der Waals surface area contributed by atoms with Crippen LogP contribution < -0.4 is 0 Å². The molecule has 0 N–H and O–H groups in total. The highest BCUT2D eigenvalue weighted by atomic mass is 16.2. The number of amides is 1. The molecule has 2 aromatic rings. The molecule has 1 aromatic carbocycles. The monoisotopic (exact) mass is 282 g/mol. The summed E-state index contributed by atoms with van der Waals surface area (Å²) in [5.41, 5.74) is 1.86. The van der Waals surface area contributed by atoms with Gasteiger partial charge in [-0.2, -0.15) is 0 Å². The Bertz CT molecular complexity index is 591. The highest BCUT2D eigenvalue weighted by Crippen LogP contribution is 2.22. The first-order valence-corrected chi connectivity index (χ1v) is 7.66. The minimum Gasteiger partial charge on any atom is -0.338 e. The van der Waals surface area contributed by atoms with Crippen molar-refractivity contribution in [1.29, 1.82) is 0 Å². The smallest absolute Gasteiger partial charge is 0.253 e. The molecule has 0 saturated carbocycles. The third-order valence-corrected chi connectivity index (χ3v) is 4.17. The molecule has 1 aliphatic rings. The van der Waals surface area contributed by atoms with Crippen molar-refractivity contribution in [2.75, 3.05) is 13.1 Å². The SMILES string of the molecule is CC1CC(C)CN(C(=O)c2ccc(-n3cccc3)cc2)C1. The first-order chi connectivity index (χ1) is 10.1. The fourth-order valence-corrected chi connectivity index (χ4v) is 3.29. The Hall–Kier alpha value is -2.03. The maximum atomic E-state index is 12.6. The molecule has 2 heterocycles. The average Bonchev–Trinajstić information content (AvgIpc) is 3.00. The van der Waals surface area contributed by atoms with Gasteiger partial charge >= 0.3 is 0 Å². The second kappa shape index (κ2) is 5.76. The number of benzene rings is 1. The Morgan fingerprint density at radius 1 is 1.00 bits per heavy atom. The van der Waals surface area contributed by atoms with E-state index in [0.717, 1.165) is 24.3 Å². The summed E-state index contributed by atoms with van der Waals surface area (Å²) in [5.74, 6) is 1.35. The van der Waals surface area contributed by atoms with Crippen molar-refractivity contribution in [1.82, 2.24) is 9.47 Å². The molecule has 3 rings (SSSR count). The van der Waals surface area contributed by atoms with Gasteiger partial charge in [-0.15, -0.1) is 0 Å². The lowest BCUT2D eigenvalue weighted by Crippen LogP contribution is -2.42. The number of rotatable bonds is 2. The maximum Gasteiger partial charge on any atom is 0.253 e. The van der Waals surface area contributed by atoms with Crippen LogP contribution in [-0.4, -0.2) is 28.5 Å². The lowest BCUT2D eigenvalue weighted by Gasteiger charge is -2.35. The molecule has 1 saturated heterocycles. The Morgan fingerprint density at radius 2 is 1.57 bits per heavy atom. The van der Waals surface area contributed by atoms with Crippen molar-refractivity contribution in [2.45, 2.75) is 20.3 Å². The molecule has 1 aliphatic heterocycles. The van der Waals surface area contributed by atoms with E-state index in [-0.39, 0.29) is 5.91 Å². The molecule has 0 radical (unpaired) electrons. The Morgan fingerprint density at radius 3 is 2.14 bits per heavy atom. The minimum atomic E-state index is 0.160. The van der Waals surface area contributed by atoms with Crippen LogP contribution in [0.4, 0.5) is 0 Å². The van der Waals surface area contributed by atoms with Crippen LogP contribution in [-0.2, 0) is 0 Å². The normalized spacial score (nSPS) is 22.3. The van der Waals surface area contributed by atoms with Gasteiger partial charge in [0.1, 0.15) is 0 Å². The summed E-state index contributed by atoms with van der Waals surface area (Å²) in [4.78, 5) is 14.6. The summed E-state index contributed by atoms with van der Waals surface area (Å²) in [7, 11) is 0. The van der Waals surface area contributed by atoms with Gasteiger partial charge in [-0.3, -0.25) is 4.79 Å². The van der Waals surface area contributed by atoms with E-state index in [1.54, 1.807) is 0 Å². The molecule has 3 nitrogen and oxygen atoms in total. The standard InChI is InChI=1S/C18H22N2O/c1-14-11-15(2)13-20(12-14)18(21)16-5-7-17(8-6-16)19-9-3-4-10-19/h3-10,14-15H,11-13H2,1-2H3. The minimum absolute atomic E-state index is 0.160. The van der Waals surface area contributed by atoms with Crippen LogP contribution in [0.1, 0.15) is 30.6 Å². The molecule has 21 heavy (non-hydrogen) atoms. The average molecular weight is 282 g/mol. The molecule has 3 heteroatoms. The predicted octanol–water partition coefficient (Wildman–Crippen LogP) is 3.60. The molecular weight excluding hydrogens is 260 g/mol. The van der Waals surface area contributed by atoms with E-state index in [1.807, 2.05) is 58.3 Å². The van der Waals surface area contributed by atoms with E-state index in [2.05, 4.69) is 13.8 Å². The number of hydrogen-bond acceptors (Lipinski definition) is 1. The van der Waals surface area contributed by atoms with Crippen LogP contribution in [0.25, 0.3) is 5.69 Å². The number of carbonyl (C=O) groups excluding carboxylic acids is 1. The van der Waals surface area contributed by atoms with Gasteiger partial charge in [-0.05, 0) is 54.7 Å². The van der Waals surface area contributed by atoms with E-state index in [4.69, 9.17) is 0 Å². The topological polar surface area (TPSA) is 25.2 Å². The summed E-state index contributed by atoms with van der Waals surface area (Å²) in [6, 6.07) is 11.9. The number of carbonyl (C=O) groups is 1. The van der Waals surface area contributed by atoms with Crippen molar-refractivity contribution in [3.63, 3.8) is 0 Å². The fourth-order valence-electron chi connectivity index (χ4n) is 3.29. The molecule has 0 bridgehead atoms. The third-order valence-electron chi connectivity index (χ3n) is 4.17. The summed E-state index contributed by atoms with van der Waals surface area (Å²) in [6.07, 6.45) is 5.23. The molecule has 0 spiro atoms. The van der Waals surface area contributed by atoms with Crippen LogP contribution in [0, 0.1) is 11.8 Å². The maximum absolute atomic E-state index is 12.6. The van der Waals surface area contributed by atoms with Crippen molar-refractivity contribution >= 4 is 5.91 Å². The molecule has 1 amide bonds. The van der Waals surface area contributed by atoms with E-state index in [0.29, 0.717) is 11.8 Å². The zero-order valence-electron chi connectivity index (χ0n) is 12.7. The van der Waals surface area contributed by atoms with Gasteiger partial charge in [0.15, 0.2) is 0 Å². The highest BCUT2D eigenvalue weighted by Gasteiger charge is 2.25. The largest absolute Gasteiger partial charge is 0.338 e. The Labute approximate surface area is 126 Å². The predicted molar refractivity (Wildman–Crippen MR) is 84.6 cm³/mol. The van der Waals surface area contributed by atoms with E-state index >= 15 is 0 Å². The van der Waals surface area contributed by atoms with Gasteiger partial charge in [-0.25, -0.2) is 0 Å². The molecule has 1 aromatic heterocycles. The number of likely N-dealkylation sites (tertiary alicyclic amines) is 1. The van der Waals surface area contributed by atoms with E-state index in [1.165, 1.54) is 6.42 Å². The zero-order chi connectivity index (χ0) is 14.8. The van der Waals surface area contributed by atoms with Crippen LogP contribution in [0.2, 0.25) is 0 Å².